The normalized spacial score (nSPS) is 19.9. The first-order chi connectivity index (χ1) is 8.93. The van der Waals surface area contributed by atoms with Crippen LogP contribution in [0.25, 0.3) is 10.8 Å². The molecule has 0 saturated carbocycles. The summed E-state index contributed by atoms with van der Waals surface area (Å²) in [6.07, 6.45) is 3.82. The number of rotatable bonds is 3. The quantitative estimate of drug-likeness (QED) is 0.815. The van der Waals surface area contributed by atoms with E-state index in [0.717, 1.165) is 18.8 Å². The summed E-state index contributed by atoms with van der Waals surface area (Å²) in [5.41, 5.74) is 0. The monoisotopic (exact) mass is 242 g/mol. The van der Waals surface area contributed by atoms with Crippen LogP contribution in [-0.4, -0.2) is 19.3 Å². The van der Waals surface area contributed by atoms with Crippen LogP contribution in [0, 0.1) is 0 Å². The topological polar surface area (TPSA) is 18.5 Å². The first-order valence-electron chi connectivity index (χ1n) is 6.66. The molecule has 0 N–H and O–H groups in total. The lowest BCUT2D eigenvalue weighted by atomic mass is 10.1. The number of fused-ring (bicyclic) bond motifs is 1. The van der Waals surface area contributed by atoms with E-state index in [4.69, 9.17) is 9.47 Å². The van der Waals surface area contributed by atoms with E-state index in [1.807, 2.05) is 18.2 Å². The van der Waals surface area contributed by atoms with Gasteiger partial charge in [-0.3, -0.25) is 0 Å². The fraction of sp³-hybridized carbons (Fsp3) is 0.375. The molecule has 0 aromatic heterocycles. The molecule has 0 spiro atoms. The van der Waals surface area contributed by atoms with E-state index in [1.165, 1.54) is 23.6 Å². The number of ether oxygens (including phenoxy) is 2. The van der Waals surface area contributed by atoms with Gasteiger partial charge in [0.15, 0.2) is 0 Å². The van der Waals surface area contributed by atoms with Crippen molar-refractivity contribution in [2.24, 2.45) is 0 Å². The minimum atomic E-state index is 0.262. The van der Waals surface area contributed by atoms with E-state index < -0.39 is 0 Å². The highest BCUT2D eigenvalue weighted by molar-refractivity contribution is 5.88. The fourth-order valence-corrected chi connectivity index (χ4v) is 2.44. The molecule has 2 aromatic carbocycles. The molecular formula is C16H18O2. The molecule has 1 fully saturated rings. The van der Waals surface area contributed by atoms with Crippen LogP contribution in [0.4, 0.5) is 0 Å². The zero-order valence-electron chi connectivity index (χ0n) is 10.5. The summed E-state index contributed by atoms with van der Waals surface area (Å²) in [5.74, 6) is 0.960. The van der Waals surface area contributed by atoms with Gasteiger partial charge in [0.05, 0.1) is 6.10 Å². The van der Waals surface area contributed by atoms with Crippen molar-refractivity contribution in [3.8, 4) is 5.75 Å². The van der Waals surface area contributed by atoms with E-state index in [-0.39, 0.29) is 6.10 Å². The minimum Gasteiger partial charge on any atom is -0.490 e. The summed E-state index contributed by atoms with van der Waals surface area (Å²) in [5, 5.41) is 2.40. The molecule has 0 unspecified atom stereocenters. The molecule has 1 atom stereocenters. The SMILES string of the molecule is c1ccc2c(OC[C@@H]3CCCCO3)cccc2c1. The first-order valence-corrected chi connectivity index (χ1v) is 6.66. The molecule has 1 saturated heterocycles. The number of hydrogen-bond donors (Lipinski definition) is 0. The van der Waals surface area contributed by atoms with Gasteiger partial charge in [-0.15, -0.1) is 0 Å². The van der Waals surface area contributed by atoms with Gasteiger partial charge in [-0.2, -0.15) is 0 Å². The highest BCUT2D eigenvalue weighted by Gasteiger charge is 2.14. The highest BCUT2D eigenvalue weighted by Crippen LogP contribution is 2.25. The van der Waals surface area contributed by atoms with Crippen molar-refractivity contribution in [3.05, 3.63) is 42.5 Å². The summed E-state index contributed by atoms with van der Waals surface area (Å²) in [6, 6.07) is 14.5. The van der Waals surface area contributed by atoms with E-state index in [2.05, 4.69) is 24.3 Å². The van der Waals surface area contributed by atoms with Crippen molar-refractivity contribution in [2.75, 3.05) is 13.2 Å². The van der Waals surface area contributed by atoms with Gasteiger partial charge >= 0.3 is 0 Å². The Balaban J connectivity index is 1.74. The van der Waals surface area contributed by atoms with Crippen molar-refractivity contribution in [2.45, 2.75) is 25.4 Å². The van der Waals surface area contributed by atoms with Crippen molar-refractivity contribution in [1.82, 2.24) is 0 Å². The van der Waals surface area contributed by atoms with Gasteiger partial charge in [0.25, 0.3) is 0 Å². The molecule has 18 heavy (non-hydrogen) atoms. The molecule has 2 nitrogen and oxygen atoms in total. The Morgan fingerprint density at radius 2 is 1.94 bits per heavy atom. The van der Waals surface area contributed by atoms with Gasteiger partial charge in [0, 0.05) is 12.0 Å². The second kappa shape index (κ2) is 5.40. The molecule has 1 heterocycles. The summed E-state index contributed by atoms with van der Waals surface area (Å²) >= 11 is 0. The van der Waals surface area contributed by atoms with Crippen molar-refractivity contribution >= 4 is 10.8 Å². The van der Waals surface area contributed by atoms with Crippen LogP contribution in [0.5, 0.6) is 5.75 Å². The van der Waals surface area contributed by atoms with Crippen molar-refractivity contribution in [1.29, 1.82) is 0 Å². The Bertz CT molecular complexity index is 510. The van der Waals surface area contributed by atoms with E-state index in [1.54, 1.807) is 0 Å². The molecule has 94 valence electrons. The summed E-state index contributed by atoms with van der Waals surface area (Å²) in [6.45, 7) is 1.54. The Morgan fingerprint density at radius 3 is 2.83 bits per heavy atom. The Kier molecular flexibility index (Phi) is 3.47. The maximum atomic E-state index is 5.93. The molecule has 3 rings (SSSR count). The molecule has 0 radical (unpaired) electrons. The van der Waals surface area contributed by atoms with Gasteiger partial charge in [-0.05, 0) is 30.7 Å². The van der Waals surface area contributed by atoms with Crippen LogP contribution < -0.4 is 4.74 Å². The molecule has 1 aliphatic heterocycles. The average Bonchev–Trinajstić information content (AvgIpc) is 2.46. The third-order valence-electron chi connectivity index (χ3n) is 3.45. The minimum absolute atomic E-state index is 0.262. The lowest BCUT2D eigenvalue weighted by Gasteiger charge is -2.22. The van der Waals surface area contributed by atoms with E-state index in [9.17, 15) is 0 Å². The van der Waals surface area contributed by atoms with Crippen LogP contribution in [-0.2, 0) is 4.74 Å². The maximum Gasteiger partial charge on any atom is 0.127 e. The van der Waals surface area contributed by atoms with Crippen LogP contribution in [0.1, 0.15) is 19.3 Å². The predicted molar refractivity (Wildman–Crippen MR) is 73.0 cm³/mol. The molecule has 2 aromatic rings. The predicted octanol–water partition coefficient (Wildman–Crippen LogP) is 3.79. The van der Waals surface area contributed by atoms with Gasteiger partial charge < -0.3 is 9.47 Å². The van der Waals surface area contributed by atoms with Crippen LogP contribution in [0.2, 0.25) is 0 Å². The largest absolute Gasteiger partial charge is 0.490 e. The van der Waals surface area contributed by atoms with E-state index in [0.29, 0.717) is 6.61 Å². The fourth-order valence-electron chi connectivity index (χ4n) is 2.44. The Labute approximate surface area is 108 Å². The zero-order chi connectivity index (χ0) is 12.2. The summed E-state index contributed by atoms with van der Waals surface area (Å²) in [4.78, 5) is 0. The van der Waals surface area contributed by atoms with Gasteiger partial charge in [0.1, 0.15) is 12.4 Å². The first kappa shape index (κ1) is 11.5. The molecule has 0 amide bonds. The standard InChI is InChI=1S/C16H18O2/c1-2-9-15-13(6-1)7-5-10-16(15)18-12-14-8-3-4-11-17-14/h1-2,5-7,9-10,14H,3-4,8,11-12H2/t14-/m0/s1. The summed E-state index contributed by atoms with van der Waals surface area (Å²) in [7, 11) is 0. The second-order valence-corrected chi connectivity index (χ2v) is 4.78. The van der Waals surface area contributed by atoms with Crippen LogP contribution >= 0.6 is 0 Å². The van der Waals surface area contributed by atoms with Crippen molar-refractivity contribution < 1.29 is 9.47 Å². The molecular weight excluding hydrogens is 224 g/mol. The highest BCUT2D eigenvalue weighted by atomic mass is 16.5. The Morgan fingerprint density at radius 1 is 1.06 bits per heavy atom. The Hall–Kier alpha value is -1.54. The molecule has 1 aliphatic rings. The van der Waals surface area contributed by atoms with Gasteiger partial charge in [-0.1, -0.05) is 36.4 Å². The van der Waals surface area contributed by atoms with E-state index >= 15 is 0 Å². The van der Waals surface area contributed by atoms with Crippen LogP contribution in [0.15, 0.2) is 42.5 Å². The lowest BCUT2D eigenvalue weighted by Crippen LogP contribution is -2.25. The van der Waals surface area contributed by atoms with Gasteiger partial charge in [0.2, 0.25) is 0 Å². The summed E-state index contributed by atoms with van der Waals surface area (Å²) < 4.78 is 11.6. The average molecular weight is 242 g/mol. The van der Waals surface area contributed by atoms with Gasteiger partial charge in [-0.25, -0.2) is 0 Å². The molecule has 2 heteroatoms. The molecule has 0 aliphatic carbocycles. The van der Waals surface area contributed by atoms with Crippen molar-refractivity contribution in [3.63, 3.8) is 0 Å². The third-order valence-corrected chi connectivity index (χ3v) is 3.45. The molecule has 0 bridgehead atoms. The second-order valence-electron chi connectivity index (χ2n) is 4.78. The van der Waals surface area contributed by atoms with Crippen LogP contribution in [0.3, 0.4) is 0 Å². The number of hydrogen-bond acceptors (Lipinski definition) is 2. The zero-order valence-corrected chi connectivity index (χ0v) is 10.5. The maximum absolute atomic E-state index is 5.93. The lowest BCUT2D eigenvalue weighted by molar-refractivity contribution is -0.0107. The number of benzene rings is 2. The third kappa shape index (κ3) is 2.49. The smallest absolute Gasteiger partial charge is 0.127 e.